The first kappa shape index (κ1) is 25.9. The molecule has 0 radical (unpaired) electrons. The van der Waals surface area contributed by atoms with Crippen LogP contribution in [0.2, 0.25) is 0 Å². The van der Waals surface area contributed by atoms with Gasteiger partial charge in [-0.05, 0) is 99.3 Å². The number of piperidine rings is 1. The van der Waals surface area contributed by atoms with E-state index in [1.807, 2.05) is 24.3 Å². The molecule has 2 aromatic heterocycles. The molecule has 7 nitrogen and oxygen atoms in total. The first-order chi connectivity index (χ1) is 17.5. The molecule has 1 fully saturated rings. The number of likely N-dealkylation sites (tertiary alicyclic amines) is 1. The first-order valence-electron chi connectivity index (χ1n) is 12.8. The van der Waals surface area contributed by atoms with E-state index in [1.54, 1.807) is 31.9 Å². The Morgan fingerprint density at radius 2 is 2.08 bits per heavy atom. The minimum atomic E-state index is -1.10. The van der Waals surface area contributed by atoms with Crippen LogP contribution in [0, 0.1) is 11.8 Å². The number of alkyl halides is 1. The van der Waals surface area contributed by atoms with Gasteiger partial charge in [-0.1, -0.05) is 0 Å². The van der Waals surface area contributed by atoms with E-state index < -0.39 is 12.1 Å². The third-order valence-corrected chi connectivity index (χ3v) is 7.37. The number of nitrogens with zero attached hydrogens (tertiary/aromatic N) is 4. The van der Waals surface area contributed by atoms with Gasteiger partial charge < -0.3 is 14.7 Å². The number of hydrogen-bond donors (Lipinski definition) is 1. The second-order valence-electron chi connectivity index (χ2n) is 9.67. The van der Waals surface area contributed by atoms with E-state index in [2.05, 4.69) is 19.9 Å². The lowest BCUT2D eigenvalue weighted by molar-refractivity contribution is -0.137. The molecular formula is C28H35FN4O3. The van der Waals surface area contributed by atoms with Crippen LogP contribution in [-0.4, -0.2) is 57.7 Å². The van der Waals surface area contributed by atoms with Crippen molar-refractivity contribution < 1.29 is 19.0 Å². The van der Waals surface area contributed by atoms with Gasteiger partial charge in [0.15, 0.2) is 0 Å². The molecule has 4 rings (SSSR count). The van der Waals surface area contributed by atoms with Crippen LogP contribution in [0.1, 0.15) is 56.0 Å². The Kier molecular flexibility index (Phi) is 9.17. The van der Waals surface area contributed by atoms with Crippen molar-refractivity contribution in [3.05, 3.63) is 60.3 Å². The molecule has 3 aromatic rings. The van der Waals surface area contributed by atoms with Gasteiger partial charge in [0.05, 0.1) is 12.6 Å². The van der Waals surface area contributed by atoms with Gasteiger partial charge in [-0.25, -0.2) is 14.4 Å². The van der Waals surface area contributed by atoms with E-state index in [9.17, 15) is 9.90 Å². The molecule has 1 aliphatic heterocycles. The molecule has 1 aromatic carbocycles. The Morgan fingerprint density at radius 3 is 2.86 bits per heavy atom. The molecule has 0 bridgehead atoms. The minimum absolute atomic E-state index is 0.157. The Morgan fingerprint density at radius 1 is 1.19 bits per heavy atom. The average Bonchev–Trinajstić information content (AvgIpc) is 2.91. The van der Waals surface area contributed by atoms with Gasteiger partial charge in [-0.2, -0.15) is 0 Å². The van der Waals surface area contributed by atoms with Crippen molar-refractivity contribution in [2.24, 2.45) is 11.8 Å². The van der Waals surface area contributed by atoms with E-state index in [4.69, 9.17) is 4.74 Å². The molecule has 0 amide bonds. The third kappa shape index (κ3) is 6.97. The van der Waals surface area contributed by atoms with E-state index in [0.29, 0.717) is 30.1 Å². The zero-order chi connectivity index (χ0) is 25.3. The number of pyridine rings is 1. The summed E-state index contributed by atoms with van der Waals surface area (Å²) in [5.41, 5.74) is 2.44. The van der Waals surface area contributed by atoms with Gasteiger partial charge in [0.2, 0.25) is 0 Å². The molecule has 3 heterocycles. The van der Waals surface area contributed by atoms with Gasteiger partial charge in [0, 0.05) is 36.4 Å². The smallest absolute Gasteiger partial charge is 0.303 e. The maximum Gasteiger partial charge on any atom is 0.303 e. The highest BCUT2D eigenvalue weighted by atomic mass is 19.1. The highest BCUT2D eigenvalue weighted by molar-refractivity contribution is 5.83. The quantitative estimate of drug-likeness (QED) is 0.367. The number of carboxylic acid groups (broad SMARTS) is 1. The topological polar surface area (TPSA) is 88.4 Å². The van der Waals surface area contributed by atoms with Gasteiger partial charge in [-0.15, -0.1) is 0 Å². The van der Waals surface area contributed by atoms with E-state index in [0.717, 1.165) is 61.9 Å². The number of carboxylic acids is 1. The molecule has 0 saturated carbocycles. The number of aryl methyl sites for hydroxylation is 1. The van der Waals surface area contributed by atoms with E-state index in [-0.39, 0.29) is 12.3 Å². The molecular weight excluding hydrogens is 459 g/mol. The fourth-order valence-corrected chi connectivity index (χ4v) is 5.39. The van der Waals surface area contributed by atoms with Gasteiger partial charge in [0.1, 0.15) is 18.2 Å². The van der Waals surface area contributed by atoms with Crippen molar-refractivity contribution in [1.29, 1.82) is 0 Å². The van der Waals surface area contributed by atoms with Crippen molar-refractivity contribution in [3.63, 3.8) is 0 Å². The number of halogens is 1. The first-order valence-corrected chi connectivity index (χ1v) is 12.8. The summed E-state index contributed by atoms with van der Waals surface area (Å²) < 4.78 is 20.8. The fourth-order valence-electron chi connectivity index (χ4n) is 5.39. The lowest BCUT2D eigenvalue weighted by Gasteiger charge is -2.39. The summed E-state index contributed by atoms with van der Waals surface area (Å²) in [6.45, 7) is 2.79. The maximum atomic E-state index is 15.5. The van der Waals surface area contributed by atoms with E-state index in [1.165, 1.54) is 0 Å². The van der Waals surface area contributed by atoms with Crippen molar-refractivity contribution in [2.75, 3.05) is 26.7 Å². The van der Waals surface area contributed by atoms with Crippen LogP contribution in [-0.2, 0) is 11.2 Å². The molecule has 1 saturated heterocycles. The number of ether oxygens (including phenoxy) is 1. The summed E-state index contributed by atoms with van der Waals surface area (Å²) in [6.07, 6.45) is 8.71. The Labute approximate surface area is 211 Å². The molecule has 8 heteroatoms. The second-order valence-corrected chi connectivity index (χ2v) is 9.67. The van der Waals surface area contributed by atoms with Gasteiger partial charge in [-0.3, -0.25) is 9.78 Å². The third-order valence-electron chi connectivity index (χ3n) is 7.37. The lowest BCUT2D eigenvalue weighted by atomic mass is 9.79. The zero-order valence-corrected chi connectivity index (χ0v) is 20.9. The van der Waals surface area contributed by atoms with Gasteiger partial charge in [0.25, 0.3) is 0 Å². The van der Waals surface area contributed by atoms with E-state index >= 15 is 4.39 Å². The largest absolute Gasteiger partial charge is 0.497 e. The Hall–Kier alpha value is -3.13. The van der Waals surface area contributed by atoms with Crippen LogP contribution in [0.15, 0.2) is 49.1 Å². The monoisotopic (exact) mass is 494 g/mol. The van der Waals surface area contributed by atoms with Crippen molar-refractivity contribution in [3.8, 4) is 5.75 Å². The average molecular weight is 495 g/mol. The van der Waals surface area contributed by atoms with Crippen molar-refractivity contribution in [1.82, 2.24) is 19.9 Å². The summed E-state index contributed by atoms with van der Waals surface area (Å²) in [5, 5.41) is 10.1. The van der Waals surface area contributed by atoms with Crippen LogP contribution in [0.4, 0.5) is 4.39 Å². The summed E-state index contributed by atoms with van der Waals surface area (Å²) in [6, 6.07) is 9.24. The number of hydrogen-bond acceptors (Lipinski definition) is 6. The molecule has 36 heavy (non-hydrogen) atoms. The van der Waals surface area contributed by atoms with Crippen LogP contribution in [0.5, 0.6) is 5.75 Å². The highest BCUT2D eigenvalue weighted by Gasteiger charge is 2.30. The standard InChI is InChI=1S/C28H35FN4O3/c1-36-23-6-8-27-25(17-23)24(11-14-31-27)26(29)7-4-20-12-16-33(18-21(20)5-9-28(34)35)15-2-3-22-10-13-30-19-32-22/h6,8,10-11,13-14,17,19-21,26H,2-5,7,9,12,15-16,18H2,1H3,(H,34,35)/t20-,21-,26-/m1/s1. The van der Waals surface area contributed by atoms with Crippen molar-refractivity contribution in [2.45, 2.75) is 51.1 Å². The molecule has 1 N–H and O–H groups in total. The van der Waals surface area contributed by atoms with Gasteiger partial charge >= 0.3 is 5.97 Å². The summed E-state index contributed by atoms with van der Waals surface area (Å²) >= 11 is 0. The Balaban J connectivity index is 1.35. The maximum absolute atomic E-state index is 15.5. The molecule has 192 valence electrons. The second kappa shape index (κ2) is 12.7. The fraction of sp³-hybridized carbons (Fsp3) is 0.500. The number of aliphatic carboxylic acids is 1. The molecule has 1 aliphatic rings. The summed E-state index contributed by atoms with van der Waals surface area (Å²) in [4.78, 5) is 26.3. The van der Waals surface area contributed by atoms with Crippen LogP contribution in [0.3, 0.4) is 0 Å². The summed E-state index contributed by atoms with van der Waals surface area (Å²) in [5.74, 6) is 0.499. The summed E-state index contributed by atoms with van der Waals surface area (Å²) in [7, 11) is 1.60. The predicted octanol–water partition coefficient (Wildman–Crippen LogP) is 5.26. The number of fused-ring (bicyclic) bond motifs is 1. The number of benzene rings is 1. The highest BCUT2D eigenvalue weighted by Crippen LogP contribution is 2.36. The molecule has 0 spiro atoms. The predicted molar refractivity (Wildman–Crippen MR) is 137 cm³/mol. The van der Waals surface area contributed by atoms with Crippen LogP contribution < -0.4 is 4.74 Å². The van der Waals surface area contributed by atoms with Crippen molar-refractivity contribution >= 4 is 16.9 Å². The zero-order valence-electron chi connectivity index (χ0n) is 20.9. The molecule has 0 unspecified atom stereocenters. The number of methoxy groups -OCH3 is 1. The normalized spacial score (nSPS) is 19.3. The number of carbonyl (C=O) groups is 1. The molecule has 0 aliphatic carbocycles. The van der Waals surface area contributed by atoms with Crippen LogP contribution >= 0.6 is 0 Å². The number of aromatic nitrogens is 3. The SMILES string of the molecule is COc1ccc2nccc([C@H](F)CC[C@@H]3CCN(CCCc4ccncn4)C[C@H]3CCC(=O)O)c2c1. The van der Waals surface area contributed by atoms with Crippen LogP contribution in [0.25, 0.3) is 10.9 Å². The lowest BCUT2D eigenvalue weighted by Crippen LogP contribution is -2.41. The minimum Gasteiger partial charge on any atom is -0.497 e. The number of rotatable bonds is 12. The molecule has 3 atom stereocenters. The Bertz CT molecular complexity index is 1130.